The van der Waals surface area contributed by atoms with Crippen molar-refractivity contribution in [3.8, 4) is 11.5 Å². The highest BCUT2D eigenvalue weighted by atomic mass is 16.7. The number of benzene rings is 2. The molecular formula is C22H26N4O4. The zero-order valence-corrected chi connectivity index (χ0v) is 16.8. The molecule has 0 aromatic heterocycles. The molecule has 0 radical (unpaired) electrons. The minimum Gasteiger partial charge on any atom is -0.454 e. The van der Waals surface area contributed by atoms with E-state index in [1.807, 2.05) is 12.1 Å². The molecule has 8 nitrogen and oxygen atoms in total. The summed E-state index contributed by atoms with van der Waals surface area (Å²) in [6.07, 6.45) is 0. The first-order chi connectivity index (χ1) is 14.7. The van der Waals surface area contributed by atoms with Crippen LogP contribution >= 0.6 is 0 Å². The number of ether oxygens (including phenoxy) is 2. The number of nitrogens with zero attached hydrogens (tertiary/aromatic N) is 2. The predicted molar refractivity (Wildman–Crippen MR) is 113 cm³/mol. The number of carbonyl (C=O) groups excluding carboxylic acids is 2. The van der Waals surface area contributed by atoms with Gasteiger partial charge in [-0.3, -0.25) is 14.5 Å². The van der Waals surface area contributed by atoms with Crippen LogP contribution in [-0.2, 0) is 16.1 Å². The van der Waals surface area contributed by atoms with Crippen LogP contribution in [0.3, 0.4) is 0 Å². The highest BCUT2D eigenvalue weighted by Gasteiger charge is 2.18. The molecule has 2 aliphatic rings. The van der Waals surface area contributed by atoms with Gasteiger partial charge in [0.2, 0.25) is 6.79 Å². The fraction of sp³-hybridized carbons (Fsp3) is 0.364. The van der Waals surface area contributed by atoms with Crippen LogP contribution in [0.4, 0.5) is 5.69 Å². The topological polar surface area (TPSA) is 83.1 Å². The minimum absolute atomic E-state index is 0.203. The molecule has 158 valence electrons. The molecule has 2 amide bonds. The Labute approximate surface area is 175 Å². The third-order valence-corrected chi connectivity index (χ3v) is 5.30. The van der Waals surface area contributed by atoms with Crippen molar-refractivity contribution in [1.29, 1.82) is 0 Å². The molecule has 8 heteroatoms. The van der Waals surface area contributed by atoms with Crippen molar-refractivity contribution in [2.75, 3.05) is 51.0 Å². The third kappa shape index (κ3) is 5.01. The first-order valence-corrected chi connectivity index (χ1v) is 10.2. The van der Waals surface area contributed by atoms with Crippen LogP contribution < -0.4 is 25.0 Å². The third-order valence-electron chi connectivity index (χ3n) is 5.30. The molecule has 0 bridgehead atoms. The van der Waals surface area contributed by atoms with Crippen molar-refractivity contribution in [2.24, 2.45) is 0 Å². The van der Waals surface area contributed by atoms with Gasteiger partial charge in [0.15, 0.2) is 11.5 Å². The standard InChI is InChI=1S/C22H26N4O4/c27-21(22(28)24-15-17-6-7-19-20(14-17)30-16-29-19)23-8-9-25-10-12-26(13-11-25)18-4-2-1-3-5-18/h1-7,14H,8-13,15-16H2,(H,23,27)(H,24,28). The van der Waals surface area contributed by atoms with E-state index < -0.39 is 11.8 Å². The van der Waals surface area contributed by atoms with E-state index >= 15 is 0 Å². The van der Waals surface area contributed by atoms with Crippen LogP contribution in [0.1, 0.15) is 5.56 Å². The number of rotatable bonds is 6. The summed E-state index contributed by atoms with van der Waals surface area (Å²) in [7, 11) is 0. The molecule has 2 aromatic carbocycles. The molecule has 0 aliphatic carbocycles. The summed E-state index contributed by atoms with van der Waals surface area (Å²) in [5.74, 6) is 0.0891. The van der Waals surface area contributed by atoms with Crippen LogP contribution in [0.15, 0.2) is 48.5 Å². The van der Waals surface area contributed by atoms with Gasteiger partial charge in [-0.15, -0.1) is 0 Å². The second-order valence-corrected chi connectivity index (χ2v) is 7.29. The van der Waals surface area contributed by atoms with Crippen LogP contribution in [0.2, 0.25) is 0 Å². The molecule has 2 aromatic rings. The van der Waals surface area contributed by atoms with Crippen LogP contribution in [0.25, 0.3) is 0 Å². The van der Waals surface area contributed by atoms with Crippen molar-refractivity contribution < 1.29 is 19.1 Å². The molecule has 0 unspecified atom stereocenters. The van der Waals surface area contributed by atoms with E-state index in [1.54, 1.807) is 12.1 Å². The second-order valence-electron chi connectivity index (χ2n) is 7.29. The Bertz CT molecular complexity index is 882. The normalized spacial score (nSPS) is 15.7. The van der Waals surface area contributed by atoms with Crippen molar-refractivity contribution in [3.05, 3.63) is 54.1 Å². The first-order valence-electron chi connectivity index (χ1n) is 10.2. The second kappa shape index (κ2) is 9.49. The van der Waals surface area contributed by atoms with Gasteiger partial charge in [-0.25, -0.2) is 0 Å². The maximum Gasteiger partial charge on any atom is 0.309 e. The fourth-order valence-electron chi connectivity index (χ4n) is 3.59. The molecule has 1 fully saturated rings. The van der Waals surface area contributed by atoms with Crippen molar-refractivity contribution in [2.45, 2.75) is 6.54 Å². The molecule has 0 saturated carbocycles. The molecule has 4 rings (SSSR count). The lowest BCUT2D eigenvalue weighted by atomic mass is 10.2. The van der Waals surface area contributed by atoms with E-state index in [1.165, 1.54) is 5.69 Å². The molecule has 0 spiro atoms. The van der Waals surface area contributed by atoms with Crippen molar-refractivity contribution in [3.63, 3.8) is 0 Å². The summed E-state index contributed by atoms with van der Waals surface area (Å²) >= 11 is 0. The molecule has 30 heavy (non-hydrogen) atoms. The van der Waals surface area contributed by atoms with E-state index in [4.69, 9.17) is 9.47 Å². The fourth-order valence-corrected chi connectivity index (χ4v) is 3.59. The highest BCUT2D eigenvalue weighted by Crippen LogP contribution is 2.32. The summed E-state index contributed by atoms with van der Waals surface area (Å²) in [4.78, 5) is 28.7. The van der Waals surface area contributed by atoms with Gasteiger partial charge in [0.25, 0.3) is 0 Å². The minimum atomic E-state index is -0.637. The molecular weight excluding hydrogens is 384 g/mol. The lowest BCUT2D eigenvalue weighted by Crippen LogP contribution is -2.49. The number of piperazine rings is 1. The Kier molecular flexibility index (Phi) is 6.34. The lowest BCUT2D eigenvalue weighted by molar-refractivity contribution is -0.139. The van der Waals surface area contributed by atoms with E-state index in [0.717, 1.165) is 38.3 Å². The SMILES string of the molecule is O=C(NCCN1CCN(c2ccccc2)CC1)C(=O)NCc1ccc2c(c1)OCO2. The summed E-state index contributed by atoms with van der Waals surface area (Å²) in [5.41, 5.74) is 2.08. The highest BCUT2D eigenvalue weighted by molar-refractivity contribution is 6.35. The Hall–Kier alpha value is -3.26. The van der Waals surface area contributed by atoms with Crippen LogP contribution in [0, 0.1) is 0 Å². The number of carbonyl (C=O) groups is 2. The van der Waals surface area contributed by atoms with E-state index in [2.05, 4.69) is 44.7 Å². The maximum absolute atomic E-state index is 12.0. The smallest absolute Gasteiger partial charge is 0.309 e. The number of nitrogens with one attached hydrogen (secondary N) is 2. The molecule has 2 aliphatic heterocycles. The van der Waals surface area contributed by atoms with Crippen LogP contribution in [-0.4, -0.2) is 62.8 Å². The Morgan fingerprint density at radius 3 is 2.40 bits per heavy atom. The molecule has 2 N–H and O–H groups in total. The predicted octanol–water partition coefficient (Wildman–Crippen LogP) is 0.970. The summed E-state index contributed by atoms with van der Waals surface area (Å²) in [6, 6.07) is 15.8. The van der Waals surface area contributed by atoms with Crippen molar-refractivity contribution in [1.82, 2.24) is 15.5 Å². The average molecular weight is 410 g/mol. The largest absolute Gasteiger partial charge is 0.454 e. The zero-order chi connectivity index (χ0) is 20.8. The van der Waals surface area contributed by atoms with Gasteiger partial charge in [-0.2, -0.15) is 0 Å². The van der Waals surface area contributed by atoms with Gasteiger partial charge in [0.1, 0.15) is 0 Å². The monoisotopic (exact) mass is 410 g/mol. The van der Waals surface area contributed by atoms with Gasteiger partial charge >= 0.3 is 11.8 Å². The maximum atomic E-state index is 12.0. The van der Waals surface area contributed by atoms with Gasteiger partial charge in [0.05, 0.1) is 0 Å². The number of anilines is 1. The average Bonchev–Trinajstić information content (AvgIpc) is 3.26. The van der Waals surface area contributed by atoms with Gasteiger partial charge in [-0.05, 0) is 29.8 Å². The summed E-state index contributed by atoms with van der Waals surface area (Å²) in [5, 5.41) is 5.33. The molecule has 1 saturated heterocycles. The van der Waals surface area contributed by atoms with Gasteiger partial charge in [-0.1, -0.05) is 24.3 Å². The molecule has 0 atom stereocenters. The number of hydrogen-bond acceptors (Lipinski definition) is 6. The zero-order valence-electron chi connectivity index (χ0n) is 16.8. The van der Waals surface area contributed by atoms with Gasteiger partial charge < -0.3 is 25.0 Å². The quantitative estimate of drug-likeness (QED) is 0.691. The molecule has 2 heterocycles. The summed E-state index contributed by atoms with van der Waals surface area (Å²) in [6.45, 7) is 5.40. The summed E-state index contributed by atoms with van der Waals surface area (Å²) < 4.78 is 10.6. The first kappa shape index (κ1) is 20.0. The van der Waals surface area contributed by atoms with Gasteiger partial charge in [0, 0.05) is 51.5 Å². The van der Waals surface area contributed by atoms with E-state index in [0.29, 0.717) is 18.0 Å². The number of fused-ring (bicyclic) bond motifs is 1. The number of para-hydroxylation sites is 1. The Morgan fingerprint density at radius 2 is 1.60 bits per heavy atom. The van der Waals surface area contributed by atoms with E-state index in [-0.39, 0.29) is 13.3 Å². The lowest BCUT2D eigenvalue weighted by Gasteiger charge is -2.36. The van der Waals surface area contributed by atoms with Crippen molar-refractivity contribution >= 4 is 17.5 Å². The van der Waals surface area contributed by atoms with Crippen LogP contribution in [0.5, 0.6) is 11.5 Å². The number of hydrogen-bond donors (Lipinski definition) is 2. The Morgan fingerprint density at radius 1 is 0.867 bits per heavy atom. The number of amides is 2. The Balaban J connectivity index is 1.13. The van der Waals surface area contributed by atoms with E-state index in [9.17, 15) is 9.59 Å².